The maximum absolute atomic E-state index is 6.13. The highest BCUT2D eigenvalue weighted by molar-refractivity contribution is 14.0. The number of aliphatic imine (C=N–C) groups is 1. The van der Waals surface area contributed by atoms with Gasteiger partial charge in [-0.3, -0.25) is 9.39 Å². The number of piperidine rings is 1. The molecule has 1 N–H and O–H groups in total. The molecule has 0 bridgehead atoms. The standard InChI is InChI=1S/C22H34N6O2.HI/c1-23-22(24-12-6-9-21-26-25-20-8-2-4-13-28(20)21)27-14-10-18(11-15-27)30-17-19-7-3-5-16-29-19;/h2,4,8,13,18-19H,3,5-7,9-12,14-17H2,1H3,(H,23,24);1H. The lowest BCUT2D eigenvalue weighted by Crippen LogP contribution is -2.47. The molecule has 1 unspecified atom stereocenters. The normalized spacial score (nSPS) is 20.6. The second kappa shape index (κ2) is 12.5. The molecule has 0 radical (unpaired) electrons. The third-order valence-electron chi connectivity index (χ3n) is 5.99. The van der Waals surface area contributed by atoms with Gasteiger partial charge in [-0.1, -0.05) is 6.07 Å². The second-order valence-electron chi connectivity index (χ2n) is 8.13. The Bertz CT molecular complexity index is 815. The van der Waals surface area contributed by atoms with Gasteiger partial charge in [-0.25, -0.2) is 0 Å². The quantitative estimate of drug-likeness (QED) is 0.251. The average Bonchev–Trinajstić information content (AvgIpc) is 3.22. The Morgan fingerprint density at radius 1 is 1.23 bits per heavy atom. The number of aryl methyl sites for hydroxylation is 1. The Morgan fingerprint density at radius 2 is 2.10 bits per heavy atom. The van der Waals surface area contributed by atoms with Crippen LogP contribution in [0.25, 0.3) is 5.65 Å². The molecule has 2 aliphatic rings. The number of guanidine groups is 1. The van der Waals surface area contributed by atoms with E-state index in [1.54, 1.807) is 0 Å². The first-order valence-electron chi connectivity index (χ1n) is 11.3. The Hall–Kier alpha value is -1.46. The Labute approximate surface area is 201 Å². The number of aromatic nitrogens is 3. The lowest BCUT2D eigenvalue weighted by Gasteiger charge is -2.35. The van der Waals surface area contributed by atoms with Crippen LogP contribution in [0.5, 0.6) is 0 Å². The number of hydrogen-bond acceptors (Lipinski definition) is 5. The first kappa shape index (κ1) is 24.2. The van der Waals surface area contributed by atoms with Crippen LogP contribution in [0.3, 0.4) is 0 Å². The Kier molecular flexibility index (Phi) is 9.79. The van der Waals surface area contributed by atoms with Crippen molar-refractivity contribution in [2.45, 2.75) is 57.2 Å². The largest absolute Gasteiger partial charge is 0.376 e. The second-order valence-corrected chi connectivity index (χ2v) is 8.13. The van der Waals surface area contributed by atoms with Crippen molar-refractivity contribution in [3.05, 3.63) is 30.2 Å². The minimum absolute atomic E-state index is 0. The van der Waals surface area contributed by atoms with Gasteiger partial charge in [0.25, 0.3) is 0 Å². The maximum Gasteiger partial charge on any atom is 0.193 e. The summed E-state index contributed by atoms with van der Waals surface area (Å²) >= 11 is 0. The van der Waals surface area contributed by atoms with Gasteiger partial charge in [0.05, 0.1) is 18.8 Å². The monoisotopic (exact) mass is 542 g/mol. The molecular formula is C22H35IN6O2. The molecule has 172 valence electrons. The highest BCUT2D eigenvalue weighted by Gasteiger charge is 2.23. The average molecular weight is 542 g/mol. The first-order valence-corrected chi connectivity index (χ1v) is 11.3. The summed E-state index contributed by atoms with van der Waals surface area (Å²) in [4.78, 5) is 6.81. The number of rotatable bonds is 7. The van der Waals surface area contributed by atoms with E-state index in [9.17, 15) is 0 Å². The molecule has 0 aliphatic carbocycles. The fourth-order valence-electron chi connectivity index (χ4n) is 4.26. The summed E-state index contributed by atoms with van der Waals surface area (Å²) in [5, 5.41) is 12.0. The van der Waals surface area contributed by atoms with E-state index in [1.165, 1.54) is 12.8 Å². The molecule has 2 aromatic rings. The molecule has 31 heavy (non-hydrogen) atoms. The summed E-state index contributed by atoms with van der Waals surface area (Å²) in [5.74, 6) is 1.98. The highest BCUT2D eigenvalue weighted by atomic mass is 127. The van der Waals surface area contributed by atoms with E-state index in [0.29, 0.717) is 12.2 Å². The van der Waals surface area contributed by atoms with Crippen molar-refractivity contribution in [1.82, 2.24) is 24.8 Å². The molecule has 0 saturated carbocycles. The number of fused-ring (bicyclic) bond motifs is 1. The predicted molar refractivity (Wildman–Crippen MR) is 132 cm³/mol. The summed E-state index contributed by atoms with van der Waals surface area (Å²) in [7, 11) is 1.86. The maximum atomic E-state index is 6.13. The summed E-state index contributed by atoms with van der Waals surface area (Å²) in [6.45, 7) is 4.45. The summed E-state index contributed by atoms with van der Waals surface area (Å²) < 4.78 is 14.0. The molecule has 2 fully saturated rings. The highest BCUT2D eigenvalue weighted by Crippen LogP contribution is 2.18. The number of halogens is 1. The van der Waals surface area contributed by atoms with Gasteiger partial charge in [0.15, 0.2) is 11.6 Å². The van der Waals surface area contributed by atoms with Crippen molar-refractivity contribution in [1.29, 1.82) is 0 Å². The predicted octanol–water partition coefficient (Wildman–Crippen LogP) is 2.91. The van der Waals surface area contributed by atoms with Crippen molar-refractivity contribution in [2.75, 3.05) is 39.9 Å². The number of nitrogens with zero attached hydrogens (tertiary/aromatic N) is 5. The smallest absolute Gasteiger partial charge is 0.193 e. The van der Waals surface area contributed by atoms with Gasteiger partial charge in [0, 0.05) is 45.9 Å². The van der Waals surface area contributed by atoms with Crippen LogP contribution in [0.2, 0.25) is 0 Å². The van der Waals surface area contributed by atoms with Crippen LogP contribution < -0.4 is 5.32 Å². The number of pyridine rings is 1. The molecule has 2 aromatic heterocycles. The van der Waals surface area contributed by atoms with Crippen LogP contribution in [0, 0.1) is 0 Å². The fraction of sp³-hybridized carbons (Fsp3) is 0.682. The summed E-state index contributed by atoms with van der Waals surface area (Å²) in [5.41, 5.74) is 0.899. The topological polar surface area (TPSA) is 76.3 Å². The van der Waals surface area contributed by atoms with Crippen LogP contribution in [-0.2, 0) is 15.9 Å². The zero-order valence-electron chi connectivity index (χ0n) is 18.4. The summed E-state index contributed by atoms with van der Waals surface area (Å²) in [6, 6.07) is 5.97. The van der Waals surface area contributed by atoms with E-state index < -0.39 is 0 Å². The first-order chi connectivity index (χ1) is 14.8. The Balaban J connectivity index is 0.00000272. The van der Waals surface area contributed by atoms with Crippen LogP contribution in [-0.4, -0.2) is 77.6 Å². The van der Waals surface area contributed by atoms with Gasteiger partial charge >= 0.3 is 0 Å². The fourth-order valence-corrected chi connectivity index (χ4v) is 4.26. The molecule has 2 aliphatic heterocycles. The molecule has 0 amide bonds. The van der Waals surface area contributed by atoms with Crippen molar-refractivity contribution in [2.24, 2.45) is 4.99 Å². The molecule has 0 spiro atoms. The molecular weight excluding hydrogens is 507 g/mol. The number of hydrogen-bond donors (Lipinski definition) is 1. The van der Waals surface area contributed by atoms with E-state index in [-0.39, 0.29) is 24.0 Å². The van der Waals surface area contributed by atoms with Crippen LogP contribution in [0.15, 0.2) is 29.4 Å². The molecule has 9 heteroatoms. The van der Waals surface area contributed by atoms with E-state index in [2.05, 4.69) is 29.8 Å². The van der Waals surface area contributed by atoms with Gasteiger partial charge in [-0.05, 0) is 50.7 Å². The van der Waals surface area contributed by atoms with Crippen molar-refractivity contribution >= 4 is 35.6 Å². The lowest BCUT2D eigenvalue weighted by molar-refractivity contribution is -0.0721. The molecule has 2 saturated heterocycles. The zero-order valence-corrected chi connectivity index (χ0v) is 20.7. The SMILES string of the molecule is CN=C(NCCCc1nnc2ccccn12)N1CCC(OCC2CCCCO2)CC1.I. The minimum atomic E-state index is 0. The van der Waals surface area contributed by atoms with Gasteiger partial charge in [-0.2, -0.15) is 0 Å². The number of nitrogens with one attached hydrogen (secondary N) is 1. The van der Waals surface area contributed by atoms with Gasteiger partial charge in [0.2, 0.25) is 0 Å². The van der Waals surface area contributed by atoms with Gasteiger partial charge < -0.3 is 19.7 Å². The molecule has 1 atom stereocenters. The molecule has 4 rings (SSSR count). The molecule has 8 nitrogen and oxygen atoms in total. The molecule has 4 heterocycles. The van der Waals surface area contributed by atoms with E-state index in [4.69, 9.17) is 9.47 Å². The van der Waals surface area contributed by atoms with Crippen LogP contribution in [0.4, 0.5) is 0 Å². The van der Waals surface area contributed by atoms with E-state index in [0.717, 1.165) is 82.4 Å². The third-order valence-corrected chi connectivity index (χ3v) is 5.99. The summed E-state index contributed by atoms with van der Waals surface area (Å²) in [6.07, 6.45) is 10.2. The number of ether oxygens (including phenoxy) is 2. The van der Waals surface area contributed by atoms with Crippen molar-refractivity contribution in [3.63, 3.8) is 0 Å². The third kappa shape index (κ3) is 6.76. The van der Waals surface area contributed by atoms with Crippen LogP contribution in [0.1, 0.15) is 44.3 Å². The van der Waals surface area contributed by atoms with Gasteiger partial charge in [-0.15, -0.1) is 34.2 Å². The minimum Gasteiger partial charge on any atom is -0.376 e. The number of likely N-dealkylation sites (tertiary alicyclic amines) is 1. The van der Waals surface area contributed by atoms with E-state index in [1.807, 2.05) is 31.4 Å². The Morgan fingerprint density at radius 3 is 2.87 bits per heavy atom. The van der Waals surface area contributed by atoms with Crippen molar-refractivity contribution in [3.8, 4) is 0 Å². The van der Waals surface area contributed by atoms with E-state index >= 15 is 0 Å². The molecule has 0 aromatic carbocycles. The van der Waals surface area contributed by atoms with Crippen molar-refractivity contribution < 1.29 is 9.47 Å². The van der Waals surface area contributed by atoms with Gasteiger partial charge in [0.1, 0.15) is 5.82 Å². The zero-order chi connectivity index (χ0) is 20.6. The lowest BCUT2D eigenvalue weighted by atomic mass is 10.1. The van der Waals surface area contributed by atoms with Crippen LogP contribution >= 0.6 is 24.0 Å².